The Labute approximate surface area is 110 Å². The fourth-order valence-corrected chi connectivity index (χ4v) is 2.38. The van der Waals surface area contributed by atoms with E-state index >= 15 is 0 Å². The average molecular weight is 252 g/mol. The minimum Gasteiger partial charge on any atom is -0.496 e. The van der Waals surface area contributed by atoms with Crippen LogP contribution in [0.25, 0.3) is 0 Å². The van der Waals surface area contributed by atoms with Crippen LogP contribution in [-0.2, 0) is 0 Å². The van der Waals surface area contributed by atoms with Crippen LogP contribution in [0.4, 0.5) is 4.39 Å². The van der Waals surface area contributed by atoms with Crippen molar-refractivity contribution in [1.82, 2.24) is 0 Å². The van der Waals surface area contributed by atoms with Gasteiger partial charge in [0.15, 0.2) is 0 Å². The van der Waals surface area contributed by atoms with Crippen LogP contribution in [0, 0.1) is 5.82 Å². The first-order chi connectivity index (χ1) is 8.72. The van der Waals surface area contributed by atoms with E-state index in [0.717, 1.165) is 0 Å². The van der Waals surface area contributed by atoms with E-state index in [-0.39, 0.29) is 5.82 Å². The molecule has 0 aromatic heterocycles. The number of unbranched alkanes of at least 4 members (excludes halogenated alkanes) is 2. The van der Waals surface area contributed by atoms with Gasteiger partial charge in [0.2, 0.25) is 0 Å². The van der Waals surface area contributed by atoms with Crippen LogP contribution < -0.4 is 4.74 Å². The maximum Gasteiger partial charge on any atom is 0.126 e. The number of hydrogen-bond donors (Lipinski definition) is 0. The number of hydrogen-bond acceptors (Lipinski definition) is 1. The number of halogens is 1. The standard InChI is InChI=1S/C16H25FO/c1-4-6-8-13(9-7-5-2)15-11-10-14(17)12-16(15)18-3/h10-13H,4-9H2,1-3H3. The summed E-state index contributed by atoms with van der Waals surface area (Å²) in [6.45, 7) is 4.41. The van der Waals surface area contributed by atoms with E-state index in [4.69, 9.17) is 4.74 Å². The Morgan fingerprint density at radius 3 is 2.22 bits per heavy atom. The molecule has 0 aliphatic rings. The zero-order valence-electron chi connectivity index (χ0n) is 11.8. The van der Waals surface area contributed by atoms with Gasteiger partial charge in [0.05, 0.1) is 7.11 Å². The van der Waals surface area contributed by atoms with Crippen molar-refractivity contribution in [2.24, 2.45) is 0 Å². The molecule has 0 N–H and O–H groups in total. The lowest BCUT2D eigenvalue weighted by Gasteiger charge is -2.19. The highest BCUT2D eigenvalue weighted by Crippen LogP contribution is 2.34. The predicted octanol–water partition coefficient (Wildman–Crippen LogP) is 5.30. The summed E-state index contributed by atoms with van der Waals surface area (Å²) < 4.78 is 18.5. The fraction of sp³-hybridized carbons (Fsp3) is 0.625. The van der Waals surface area contributed by atoms with E-state index in [0.29, 0.717) is 11.7 Å². The average Bonchev–Trinajstić information content (AvgIpc) is 2.39. The van der Waals surface area contributed by atoms with Gasteiger partial charge in [0.25, 0.3) is 0 Å². The van der Waals surface area contributed by atoms with Crippen LogP contribution in [0.1, 0.15) is 63.9 Å². The Balaban J connectivity index is 2.88. The summed E-state index contributed by atoms with van der Waals surface area (Å²) in [4.78, 5) is 0. The molecule has 0 aliphatic heterocycles. The third-order valence-corrected chi connectivity index (χ3v) is 3.45. The summed E-state index contributed by atoms with van der Waals surface area (Å²) in [5.41, 5.74) is 1.17. The zero-order valence-corrected chi connectivity index (χ0v) is 11.8. The second-order valence-electron chi connectivity index (χ2n) is 4.87. The molecule has 0 radical (unpaired) electrons. The molecule has 0 spiro atoms. The number of rotatable bonds is 8. The Bertz CT molecular complexity index is 341. The second-order valence-corrected chi connectivity index (χ2v) is 4.87. The third kappa shape index (κ3) is 4.32. The van der Waals surface area contributed by atoms with Crippen LogP contribution in [-0.4, -0.2) is 7.11 Å². The Morgan fingerprint density at radius 2 is 1.72 bits per heavy atom. The van der Waals surface area contributed by atoms with Crippen LogP contribution in [0.3, 0.4) is 0 Å². The summed E-state index contributed by atoms with van der Waals surface area (Å²) in [5.74, 6) is 0.980. The molecule has 0 fully saturated rings. The molecule has 2 heteroatoms. The molecule has 102 valence electrons. The van der Waals surface area contributed by atoms with E-state index in [1.165, 1.54) is 50.2 Å². The lowest BCUT2D eigenvalue weighted by atomic mass is 9.88. The van der Waals surface area contributed by atoms with Crippen molar-refractivity contribution in [2.75, 3.05) is 7.11 Å². The number of methoxy groups -OCH3 is 1. The summed E-state index contributed by atoms with van der Waals surface area (Å²) in [6.07, 6.45) is 7.17. The zero-order chi connectivity index (χ0) is 13.4. The molecule has 0 amide bonds. The topological polar surface area (TPSA) is 9.23 Å². The van der Waals surface area contributed by atoms with Gasteiger partial charge < -0.3 is 4.74 Å². The highest BCUT2D eigenvalue weighted by Gasteiger charge is 2.16. The molecule has 0 saturated heterocycles. The van der Waals surface area contributed by atoms with Gasteiger partial charge >= 0.3 is 0 Å². The molecule has 0 aliphatic carbocycles. The molecule has 0 bridgehead atoms. The van der Waals surface area contributed by atoms with Gasteiger partial charge in [-0.15, -0.1) is 0 Å². The van der Waals surface area contributed by atoms with Gasteiger partial charge in [-0.2, -0.15) is 0 Å². The highest BCUT2D eigenvalue weighted by atomic mass is 19.1. The van der Waals surface area contributed by atoms with Crippen molar-refractivity contribution in [2.45, 2.75) is 58.3 Å². The first-order valence-corrected chi connectivity index (χ1v) is 7.06. The first-order valence-electron chi connectivity index (χ1n) is 7.06. The quantitative estimate of drug-likeness (QED) is 0.610. The Kier molecular flexibility index (Phi) is 6.77. The molecule has 1 aromatic rings. The molecule has 1 nitrogen and oxygen atoms in total. The van der Waals surface area contributed by atoms with Crippen molar-refractivity contribution >= 4 is 0 Å². The van der Waals surface area contributed by atoms with E-state index in [2.05, 4.69) is 13.8 Å². The Hall–Kier alpha value is -1.05. The minimum atomic E-state index is -0.222. The van der Waals surface area contributed by atoms with Crippen molar-refractivity contribution in [3.05, 3.63) is 29.6 Å². The molecule has 18 heavy (non-hydrogen) atoms. The highest BCUT2D eigenvalue weighted by molar-refractivity contribution is 5.36. The summed E-state index contributed by atoms with van der Waals surface area (Å²) in [5, 5.41) is 0. The smallest absolute Gasteiger partial charge is 0.126 e. The SMILES string of the molecule is CCCCC(CCCC)c1ccc(F)cc1OC. The Morgan fingerprint density at radius 1 is 1.11 bits per heavy atom. The van der Waals surface area contributed by atoms with E-state index < -0.39 is 0 Å². The van der Waals surface area contributed by atoms with Gasteiger partial charge in [-0.05, 0) is 30.4 Å². The molecule has 0 heterocycles. The van der Waals surface area contributed by atoms with Crippen molar-refractivity contribution in [3.63, 3.8) is 0 Å². The number of benzene rings is 1. The van der Waals surface area contributed by atoms with Crippen LogP contribution in [0.2, 0.25) is 0 Å². The van der Waals surface area contributed by atoms with Crippen molar-refractivity contribution in [3.8, 4) is 5.75 Å². The predicted molar refractivity (Wildman–Crippen MR) is 74.7 cm³/mol. The molecule has 0 unspecified atom stereocenters. The summed E-state index contributed by atoms with van der Waals surface area (Å²) >= 11 is 0. The normalized spacial score (nSPS) is 10.9. The molecule has 0 saturated carbocycles. The van der Waals surface area contributed by atoms with E-state index in [9.17, 15) is 4.39 Å². The van der Waals surface area contributed by atoms with Gasteiger partial charge in [-0.3, -0.25) is 0 Å². The van der Waals surface area contributed by atoms with E-state index in [1.54, 1.807) is 13.2 Å². The van der Waals surface area contributed by atoms with Gasteiger partial charge in [0.1, 0.15) is 11.6 Å². The number of ether oxygens (including phenoxy) is 1. The molecule has 0 atom stereocenters. The third-order valence-electron chi connectivity index (χ3n) is 3.45. The van der Waals surface area contributed by atoms with Crippen LogP contribution in [0.5, 0.6) is 5.75 Å². The van der Waals surface area contributed by atoms with Crippen molar-refractivity contribution < 1.29 is 9.13 Å². The summed E-state index contributed by atoms with van der Waals surface area (Å²) in [6, 6.07) is 4.94. The van der Waals surface area contributed by atoms with E-state index in [1.807, 2.05) is 6.07 Å². The van der Waals surface area contributed by atoms with Gasteiger partial charge in [0, 0.05) is 6.07 Å². The molecule has 1 aromatic carbocycles. The maximum absolute atomic E-state index is 13.2. The lowest BCUT2D eigenvalue weighted by molar-refractivity contribution is 0.395. The maximum atomic E-state index is 13.2. The molecular weight excluding hydrogens is 227 g/mol. The van der Waals surface area contributed by atoms with Crippen LogP contribution >= 0.6 is 0 Å². The summed E-state index contributed by atoms with van der Waals surface area (Å²) in [7, 11) is 1.62. The van der Waals surface area contributed by atoms with Crippen LogP contribution in [0.15, 0.2) is 18.2 Å². The molecule has 1 rings (SSSR count). The second kappa shape index (κ2) is 8.12. The monoisotopic (exact) mass is 252 g/mol. The molecular formula is C16H25FO. The largest absolute Gasteiger partial charge is 0.496 e. The minimum absolute atomic E-state index is 0.222. The lowest BCUT2D eigenvalue weighted by Crippen LogP contribution is -2.02. The fourth-order valence-electron chi connectivity index (χ4n) is 2.38. The first kappa shape index (κ1) is 15.0. The van der Waals surface area contributed by atoms with Crippen molar-refractivity contribution in [1.29, 1.82) is 0 Å². The van der Waals surface area contributed by atoms with Gasteiger partial charge in [-0.1, -0.05) is 45.6 Å². The van der Waals surface area contributed by atoms with Gasteiger partial charge in [-0.25, -0.2) is 4.39 Å².